The van der Waals surface area contributed by atoms with E-state index in [1.807, 2.05) is 0 Å². The lowest BCUT2D eigenvalue weighted by Crippen LogP contribution is -2.16. The van der Waals surface area contributed by atoms with E-state index in [-0.39, 0.29) is 5.56 Å². The van der Waals surface area contributed by atoms with E-state index >= 15 is 0 Å². The summed E-state index contributed by atoms with van der Waals surface area (Å²) in [5.74, 6) is 0.582. The van der Waals surface area contributed by atoms with E-state index in [1.165, 1.54) is 13.3 Å². The van der Waals surface area contributed by atoms with Gasteiger partial charge in [0.1, 0.15) is 5.75 Å². The molecule has 1 N–H and O–H groups in total. The quantitative estimate of drug-likeness (QED) is 0.746. The molecule has 0 aromatic carbocycles. The first-order chi connectivity index (χ1) is 6.81. The van der Waals surface area contributed by atoms with E-state index in [0.29, 0.717) is 24.5 Å². The molecule has 1 aliphatic rings. The predicted octanol–water partition coefficient (Wildman–Crippen LogP) is 0.429. The Labute approximate surface area is 80.6 Å². The van der Waals surface area contributed by atoms with Crippen LogP contribution in [-0.2, 0) is 9.47 Å². The van der Waals surface area contributed by atoms with E-state index in [0.717, 1.165) is 0 Å². The Morgan fingerprint density at radius 3 is 2.86 bits per heavy atom. The summed E-state index contributed by atoms with van der Waals surface area (Å²) in [5.41, 5.74) is 0.236. The fourth-order valence-corrected chi connectivity index (χ4v) is 1.31. The lowest BCUT2D eigenvalue weighted by atomic mass is 10.2. The van der Waals surface area contributed by atoms with Crippen LogP contribution in [0.2, 0.25) is 0 Å². The van der Waals surface area contributed by atoms with Gasteiger partial charge in [-0.05, 0) is 6.07 Å². The van der Waals surface area contributed by atoms with Gasteiger partial charge in [-0.2, -0.15) is 0 Å². The summed E-state index contributed by atoms with van der Waals surface area (Å²) in [6, 6.07) is 1.62. The topological polar surface area (TPSA) is 60.6 Å². The van der Waals surface area contributed by atoms with Crippen LogP contribution in [0.1, 0.15) is 11.9 Å². The number of nitrogens with one attached hydrogen (secondary N) is 1. The summed E-state index contributed by atoms with van der Waals surface area (Å²) >= 11 is 0. The third-order valence-corrected chi connectivity index (χ3v) is 2.02. The molecular weight excluding hydrogens is 186 g/mol. The zero-order chi connectivity index (χ0) is 9.97. The second kappa shape index (κ2) is 3.81. The third kappa shape index (κ3) is 1.64. The van der Waals surface area contributed by atoms with Gasteiger partial charge in [-0.3, -0.25) is 4.79 Å². The minimum absolute atomic E-state index is 0.210. The molecule has 5 heteroatoms. The molecule has 0 radical (unpaired) electrons. The Bertz CT molecular complexity index is 367. The molecule has 0 bridgehead atoms. The molecule has 1 aliphatic heterocycles. The molecule has 1 aromatic rings. The molecule has 2 heterocycles. The van der Waals surface area contributed by atoms with Gasteiger partial charge in [-0.25, -0.2) is 0 Å². The van der Waals surface area contributed by atoms with Crippen molar-refractivity contribution in [1.82, 2.24) is 4.98 Å². The van der Waals surface area contributed by atoms with Crippen molar-refractivity contribution in [3.63, 3.8) is 0 Å². The van der Waals surface area contributed by atoms with Crippen LogP contribution in [-0.4, -0.2) is 25.3 Å². The lowest BCUT2D eigenvalue weighted by Gasteiger charge is -2.08. The average Bonchev–Trinajstić information content (AvgIpc) is 2.71. The van der Waals surface area contributed by atoms with Crippen molar-refractivity contribution in [2.75, 3.05) is 20.3 Å². The Hall–Kier alpha value is -1.33. The molecule has 0 saturated carbocycles. The Kier molecular flexibility index (Phi) is 2.51. The van der Waals surface area contributed by atoms with Crippen LogP contribution in [0.4, 0.5) is 0 Å². The molecule has 0 amide bonds. The van der Waals surface area contributed by atoms with Crippen LogP contribution >= 0.6 is 0 Å². The fourth-order valence-electron chi connectivity index (χ4n) is 1.31. The van der Waals surface area contributed by atoms with Crippen molar-refractivity contribution in [3.05, 3.63) is 28.2 Å². The first-order valence-electron chi connectivity index (χ1n) is 4.31. The molecule has 5 nitrogen and oxygen atoms in total. The highest BCUT2D eigenvalue weighted by molar-refractivity contribution is 5.24. The molecule has 1 aromatic heterocycles. The maximum absolute atomic E-state index is 11.4. The number of methoxy groups -OCH3 is 1. The number of aromatic nitrogens is 1. The zero-order valence-electron chi connectivity index (χ0n) is 7.78. The number of H-pyrrole nitrogens is 1. The van der Waals surface area contributed by atoms with E-state index < -0.39 is 6.29 Å². The summed E-state index contributed by atoms with van der Waals surface area (Å²) in [4.78, 5) is 14.0. The fraction of sp³-hybridized carbons (Fsp3) is 0.444. The SMILES string of the molecule is COc1c[nH]c(=O)c(C2OCCO2)c1. The minimum atomic E-state index is -0.561. The zero-order valence-corrected chi connectivity index (χ0v) is 7.78. The summed E-state index contributed by atoms with van der Waals surface area (Å²) in [7, 11) is 1.54. The predicted molar refractivity (Wildman–Crippen MR) is 48.3 cm³/mol. The second-order valence-corrected chi connectivity index (χ2v) is 2.90. The van der Waals surface area contributed by atoms with Gasteiger partial charge < -0.3 is 19.2 Å². The summed E-state index contributed by atoms with van der Waals surface area (Å²) in [6.07, 6.45) is 0.940. The van der Waals surface area contributed by atoms with Crippen molar-refractivity contribution < 1.29 is 14.2 Å². The van der Waals surface area contributed by atoms with Crippen LogP contribution in [0.15, 0.2) is 17.1 Å². The largest absolute Gasteiger partial charge is 0.495 e. The highest BCUT2D eigenvalue weighted by atomic mass is 16.7. The molecule has 2 rings (SSSR count). The normalized spacial score (nSPS) is 17.2. The summed E-state index contributed by atoms with van der Waals surface area (Å²) in [6.45, 7) is 1.03. The van der Waals surface area contributed by atoms with Gasteiger partial charge in [0.25, 0.3) is 5.56 Å². The Morgan fingerprint density at radius 2 is 2.21 bits per heavy atom. The standard InChI is InChI=1S/C9H11NO4/c1-12-6-4-7(8(11)10-5-6)9-13-2-3-14-9/h4-5,9H,2-3H2,1H3,(H,10,11). The van der Waals surface area contributed by atoms with Crippen LogP contribution in [0, 0.1) is 0 Å². The van der Waals surface area contributed by atoms with E-state index in [1.54, 1.807) is 6.07 Å². The Morgan fingerprint density at radius 1 is 1.50 bits per heavy atom. The van der Waals surface area contributed by atoms with Crippen LogP contribution < -0.4 is 10.3 Å². The maximum Gasteiger partial charge on any atom is 0.256 e. The van der Waals surface area contributed by atoms with Gasteiger partial charge in [0.2, 0.25) is 0 Å². The summed E-state index contributed by atoms with van der Waals surface area (Å²) < 4.78 is 15.4. The first-order valence-corrected chi connectivity index (χ1v) is 4.31. The lowest BCUT2D eigenvalue weighted by molar-refractivity contribution is -0.0452. The first kappa shape index (κ1) is 9.23. The van der Waals surface area contributed by atoms with Gasteiger partial charge in [0.05, 0.1) is 25.9 Å². The molecule has 0 atom stereocenters. The third-order valence-electron chi connectivity index (χ3n) is 2.02. The second-order valence-electron chi connectivity index (χ2n) is 2.90. The van der Waals surface area contributed by atoms with Crippen molar-refractivity contribution in [1.29, 1.82) is 0 Å². The molecule has 0 unspecified atom stereocenters. The van der Waals surface area contributed by atoms with Crippen molar-refractivity contribution in [2.24, 2.45) is 0 Å². The smallest absolute Gasteiger partial charge is 0.256 e. The number of aromatic amines is 1. The van der Waals surface area contributed by atoms with Gasteiger partial charge in [0, 0.05) is 6.20 Å². The monoisotopic (exact) mass is 197 g/mol. The number of ether oxygens (including phenoxy) is 3. The number of hydrogen-bond donors (Lipinski definition) is 1. The van der Waals surface area contributed by atoms with Crippen LogP contribution in [0.25, 0.3) is 0 Å². The minimum Gasteiger partial charge on any atom is -0.495 e. The van der Waals surface area contributed by atoms with Crippen molar-refractivity contribution in [3.8, 4) is 5.75 Å². The highest BCUT2D eigenvalue weighted by Gasteiger charge is 2.21. The number of hydrogen-bond acceptors (Lipinski definition) is 4. The van der Waals surface area contributed by atoms with Crippen LogP contribution in [0.3, 0.4) is 0 Å². The van der Waals surface area contributed by atoms with Gasteiger partial charge >= 0.3 is 0 Å². The molecule has 76 valence electrons. The van der Waals surface area contributed by atoms with Gasteiger partial charge in [0.15, 0.2) is 6.29 Å². The number of rotatable bonds is 2. The van der Waals surface area contributed by atoms with E-state index in [2.05, 4.69) is 4.98 Å². The highest BCUT2D eigenvalue weighted by Crippen LogP contribution is 2.22. The van der Waals surface area contributed by atoms with E-state index in [4.69, 9.17) is 14.2 Å². The van der Waals surface area contributed by atoms with Gasteiger partial charge in [-0.15, -0.1) is 0 Å². The molecule has 0 aliphatic carbocycles. The van der Waals surface area contributed by atoms with Gasteiger partial charge in [-0.1, -0.05) is 0 Å². The van der Waals surface area contributed by atoms with Crippen LogP contribution in [0.5, 0.6) is 5.75 Å². The molecule has 0 spiro atoms. The molecule has 1 saturated heterocycles. The molecule has 14 heavy (non-hydrogen) atoms. The maximum atomic E-state index is 11.4. The van der Waals surface area contributed by atoms with E-state index in [9.17, 15) is 4.79 Å². The van der Waals surface area contributed by atoms with Crippen molar-refractivity contribution in [2.45, 2.75) is 6.29 Å². The summed E-state index contributed by atoms with van der Waals surface area (Å²) in [5, 5.41) is 0. The number of pyridine rings is 1. The molecular formula is C9H11NO4. The average molecular weight is 197 g/mol. The van der Waals surface area contributed by atoms with Crippen molar-refractivity contribution >= 4 is 0 Å². The Balaban J connectivity index is 2.34. The molecule has 1 fully saturated rings.